The van der Waals surface area contributed by atoms with Gasteiger partial charge in [0.25, 0.3) is 5.91 Å². The monoisotopic (exact) mass is 486 g/mol. The highest BCUT2D eigenvalue weighted by atomic mass is 35.5. The van der Waals surface area contributed by atoms with Crippen LogP contribution in [0.1, 0.15) is 41.6 Å². The van der Waals surface area contributed by atoms with E-state index in [2.05, 4.69) is 11.0 Å². The van der Waals surface area contributed by atoms with Crippen molar-refractivity contribution in [3.63, 3.8) is 0 Å². The molecule has 2 aromatic rings. The summed E-state index contributed by atoms with van der Waals surface area (Å²) in [6.45, 7) is 3.52. The van der Waals surface area contributed by atoms with E-state index < -0.39 is 10.0 Å². The van der Waals surface area contributed by atoms with Gasteiger partial charge in [0.05, 0.1) is 16.7 Å². The van der Waals surface area contributed by atoms with Crippen molar-refractivity contribution in [1.29, 1.82) is 5.26 Å². The number of carbonyl (C=O) groups excluding carboxylic acids is 1. The molecule has 0 bridgehead atoms. The molecule has 2 fully saturated rings. The third-order valence-corrected chi connectivity index (χ3v) is 8.64. The van der Waals surface area contributed by atoms with Crippen LogP contribution in [-0.2, 0) is 10.0 Å². The van der Waals surface area contributed by atoms with Gasteiger partial charge in [-0.25, -0.2) is 8.42 Å². The molecule has 2 aliphatic rings. The Balaban J connectivity index is 1.50. The molecule has 0 unspecified atom stereocenters. The highest BCUT2D eigenvalue weighted by molar-refractivity contribution is 7.89. The number of hydrogen-bond acceptors (Lipinski definition) is 5. The summed E-state index contributed by atoms with van der Waals surface area (Å²) in [5.41, 5.74) is 1.97. The molecule has 7 nitrogen and oxygen atoms in total. The predicted octanol–water partition coefficient (Wildman–Crippen LogP) is 3.74. The molecule has 0 radical (unpaired) electrons. The molecule has 2 aromatic carbocycles. The Hall–Kier alpha value is -2.60. The van der Waals surface area contributed by atoms with E-state index in [0.717, 1.165) is 37.9 Å². The van der Waals surface area contributed by atoms with E-state index in [9.17, 15) is 13.2 Å². The average Bonchev–Trinajstić information content (AvgIpc) is 3.11. The minimum absolute atomic E-state index is 0.00551. The number of hydrogen-bond donors (Lipinski definition) is 0. The fourth-order valence-corrected chi connectivity index (χ4v) is 6.40. The van der Waals surface area contributed by atoms with Gasteiger partial charge < -0.3 is 9.80 Å². The second-order valence-corrected chi connectivity index (χ2v) is 10.7. The number of amides is 1. The Morgan fingerprint density at radius 2 is 1.61 bits per heavy atom. The molecule has 174 valence electrons. The molecule has 0 saturated carbocycles. The number of nitriles is 1. The first-order valence-electron chi connectivity index (χ1n) is 11.2. The molecular weight excluding hydrogens is 460 g/mol. The fourth-order valence-electron chi connectivity index (χ4n) is 4.39. The summed E-state index contributed by atoms with van der Waals surface area (Å²) < 4.78 is 27.8. The standard InChI is InChI=1S/C24H27ClN4O3S/c25-22-10-7-20(17-23(22)33(31,32)29-13-2-1-3-14-29)24(30)28-12-4-11-27(15-16-28)21-8-5-19(18-26)6-9-21/h5-10,17H,1-4,11-16H2. The number of piperidine rings is 1. The van der Waals surface area contributed by atoms with Crippen LogP contribution in [0.5, 0.6) is 0 Å². The first kappa shape index (κ1) is 23.6. The Kier molecular flexibility index (Phi) is 7.23. The van der Waals surface area contributed by atoms with E-state index in [1.165, 1.54) is 16.4 Å². The first-order valence-corrected chi connectivity index (χ1v) is 13.1. The van der Waals surface area contributed by atoms with Gasteiger partial charge in [-0.2, -0.15) is 9.57 Å². The molecule has 2 saturated heterocycles. The number of halogens is 1. The van der Waals surface area contributed by atoms with Crippen molar-refractivity contribution >= 4 is 33.2 Å². The number of sulfonamides is 1. The molecule has 2 aliphatic heterocycles. The summed E-state index contributed by atoms with van der Waals surface area (Å²) in [5.74, 6) is -0.191. The van der Waals surface area contributed by atoms with E-state index >= 15 is 0 Å². The van der Waals surface area contributed by atoms with Gasteiger partial charge in [0, 0.05) is 50.5 Å². The van der Waals surface area contributed by atoms with Crippen molar-refractivity contribution in [3.8, 4) is 6.07 Å². The molecule has 0 aromatic heterocycles. The third-order valence-electron chi connectivity index (χ3n) is 6.26. The Morgan fingerprint density at radius 3 is 2.30 bits per heavy atom. The maximum absolute atomic E-state index is 13.3. The lowest BCUT2D eigenvalue weighted by Gasteiger charge is -2.27. The van der Waals surface area contributed by atoms with E-state index in [4.69, 9.17) is 16.9 Å². The molecule has 2 heterocycles. The van der Waals surface area contributed by atoms with Crippen molar-refractivity contribution in [1.82, 2.24) is 9.21 Å². The van der Waals surface area contributed by atoms with Crippen LogP contribution in [0.4, 0.5) is 5.69 Å². The van der Waals surface area contributed by atoms with Gasteiger partial charge in [0.15, 0.2) is 0 Å². The van der Waals surface area contributed by atoms with Gasteiger partial charge in [-0.05, 0) is 61.7 Å². The second kappa shape index (κ2) is 10.1. The Labute approximate surface area is 200 Å². The maximum atomic E-state index is 13.3. The fraction of sp³-hybridized carbons (Fsp3) is 0.417. The Morgan fingerprint density at radius 1 is 0.879 bits per heavy atom. The summed E-state index contributed by atoms with van der Waals surface area (Å²) in [6.07, 6.45) is 3.48. The van der Waals surface area contributed by atoms with E-state index in [1.54, 1.807) is 23.1 Å². The number of anilines is 1. The van der Waals surface area contributed by atoms with Gasteiger partial charge in [-0.3, -0.25) is 4.79 Å². The topological polar surface area (TPSA) is 84.7 Å². The number of carbonyl (C=O) groups is 1. The first-order chi connectivity index (χ1) is 15.9. The van der Waals surface area contributed by atoms with Crippen LogP contribution in [0, 0.1) is 11.3 Å². The van der Waals surface area contributed by atoms with Crippen LogP contribution in [0.15, 0.2) is 47.4 Å². The van der Waals surface area contributed by atoms with E-state index in [-0.39, 0.29) is 15.8 Å². The van der Waals surface area contributed by atoms with Crippen LogP contribution < -0.4 is 4.90 Å². The predicted molar refractivity (Wildman–Crippen MR) is 128 cm³/mol. The SMILES string of the molecule is N#Cc1ccc(N2CCCN(C(=O)c3ccc(Cl)c(S(=O)(=O)N4CCCCC4)c3)CC2)cc1. The zero-order chi connectivity index (χ0) is 23.4. The summed E-state index contributed by atoms with van der Waals surface area (Å²) in [5, 5.41) is 9.13. The van der Waals surface area contributed by atoms with Crippen LogP contribution in [0.25, 0.3) is 0 Å². The largest absolute Gasteiger partial charge is 0.370 e. The minimum Gasteiger partial charge on any atom is -0.370 e. The molecule has 9 heteroatoms. The average molecular weight is 487 g/mol. The van der Waals surface area contributed by atoms with Crippen molar-refractivity contribution < 1.29 is 13.2 Å². The van der Waals surface area contributed by atoms with E-state index in [0.29, 0.717) is 43.9 Å². The highest BCUT2D eigenvalue weighted by Gasteiger charge is 2.29. The zero-order valence-electron chi connectivity index (χ0n) is 18.4. The molecule has 0 aliphatic carbocycles. The van der Waals surface area contributed by atoms with Crippen LogP contribution in [0.2, 0.25) is 5.02 Å². The lowest BCUT2D eigenvalue weighted by molar-refractivity contribution is 0.0767. The highest BCUT2D eigenvalue weighted by Crippen LogP contribution is 2.28. The molecule has 0 spiro atoms. The second-order valence-electron chi connectivity index (χ2n) is 8.40. The maximum Gasteiger partial charge on any atom is 0.253 e. The minimum atomic E-state index is -3.74. The smallest absolute Gasteiger partial charge is 0.253 e. The zero-order valence-corrected chi connectivity index (χ0v) is 20.0. The van der Waals surface area contributed by atoms with Gasteiger partial charge in [0.2, 0.25) is 10.0 Å². The van der Waals surface area contributed by atoms with Crippen molar-refractivity contribution in [2.24, 2.45) is 0 Å². The quantitative estimate of drug-likeness (QED) is 0.657. The normalized spacial score (nSPS) is 17.9. The molecular formula is C24H27ClN4O3S. The van der Waals surface area contributed by atoms with Gasteiger partial charge in [-0.1, -0.05) is 18.0 Å². The third kappa shape index (κ3) is 5.16. The summed E-state index contributed by atoms with van der Waals surface area (Å²) in [7, 11) is -3.74. The lowest BCUT2D eigenvalue weighted by Crippen LogP contribution is -2.36. The number of rotatable bonds is 4. The van der Waals surface area contributed by atoms with Gasteiger partial charge in [-0.15, -0.1) is 0 Å². The summed E-state index contributed by atoms with van der Waals surface area (Å²) in [6, 6.07) is 14.1. The molecule has 4 rings (SSSR count). The van der Waals surface area contributed by atoms with Gasteiger partial charge in [0.1, 0.15) is 4.90 Å². The van der Waals surface area contributed by atoms with Crippen molar-refractivity contribution in [3.05, 3.63) is 58.6 Å². The molecule has 0 atom stereocenters. The lowest BCUT2D eigenvalue weighted by atomic mass is 10.2. The van der Waals surface area contributed by atoms with Crippen LogP contribution >= 0.6 is 11.6 Å². The molecule has 0 N–H and O–H groups in total. The van der Waals surface area contributed by atoms with Gasteiger partial charge >= 0.3 is 0 Å². The Bertz CT molecular complexity index is 1160. The summed E-state index contributed by atoms with van der Waals surface area (Å²) >= 11 is 6.27. The van der Waals surface area contributed by atoms with Crippen LogP contribution in [-0.4, -0.2) is 62.8 Å². The molecule has 1 amide bonds. The number of nitrogens with zero attached hydrogens (tertiary/aromatic N) is 4. The van der Waals surface area contributed by atoms with Crippen molar-refractivity contribution in [2.75, 3.05) is 44.2 Å². The number of benzene rings is 2. The summed E-state index contributed by atoms with van der Waals surface area (Å²) in [4.78, 5) is 17.2. The van der Waals surface area contributed by atoms with Crippen LogP contribution in [0.3, 0.4) is 0 Å². The molecule has 33 heavy (non-hydrogen) atoms. The van der Waals surface area contributed by atoms with Crippen molar-refractivity contribution in [2.45, 2.75) is 30.6 Å². The van der Waals surface area contributed by atoms with E-state index in [1.807, 2.05) is 12.1 Å².